The van der Waals surface area contributed by atoms with Crippen LogP contribution >= 0.6 is 11.6 Å². The van der Waals surface area contributed by atoms with Gasteiger partial charge in [-0.15, -0.1) is 0 Å². The highest BCUT2D eigenvalue weighted by molar-refractivity contribution is 7.92. The lowest BCUT2D eigenvalue weighted by Gasteiger charge is -2.14. The molecule has 0 aliphatic heterocycles. The molecule has 2 N–H and O–H groups in total. The van der Waals surface area contributed by atoms with Gasteiger partial charge in [-0.05, 0) is 54.6 Å². The molecule has 0 heterocycles. The number of carbonyl (C=O) groups excluding carboxylic acids is 1. The number of hydrogen-bond acceptors (Lipinski definition) is 5. The minimum absolute atomic E-state index is 0.156. The quantitative estimate of drug-likeness (QED) is 0.535. The van der Waals surface area contributed by atoms with Crippen LogP contribution in [0.25, 0.3) is 0 Å². The number of amides is 1. The Labute approximate surface area is 183 Å². The van der Waals surface area contributed by atoms with Gasteiger partial charge in [0.2, 0.25) is 0 Å². The van der Waals surface area contributed by atoms with Gasteiger partial charge in [-0.25, -0.2) is 12.8 Å². The largest absolute Gasteiger partial charge is 0.497 e. The number of ether oxygens (including phenoxy) is 2. The Morgan fingerprint density at radius 3 is 2.23 bits per heavy atom. The zero-order valence-electron chi connectivity index (χ0n) is 16.5. The molecule has 3 aromatic rings. The summed E-state index contributed by atoms with van der Waals surface area (Å²) in [5.41, 5.74) is 0.263. The molecule has 0 radical (unpaired) electrons. The maximum Gasteiger partial charge on any atom is 0.262 e. The predicted molar refractivity (Wildman–Crippen MR) is 116 cm³/mol. The monoisotopic (exact) mass is 464 g/mol. The van der Waals surface area contributed by atoms with Crippen LogP contribution in [0.5, 0.6) is 11.5 Å². The molecule has 0 saturated carbocycles. The summed E-state index contributed by atoms with van der Waals surface area (Å²) in [6.07, 6.45) is 0. The van der Waals surface area contributed by atoms with Gasteiger partial charge in [0, 0.05) is 16.7 Å². The summed E-state index contributed by atoms with van der Waals surface area (Å²) in [5.74, 6) is -0.763. The fourth-order valence-electron chi connectivity index (χ4n) is 2.65. The number of methoxy groups -OCH3 is 2. The van der Waals surface area contributed by atoms with Crippen LogP contribution in [0.1, 0.15) is 10.4 Å². The molecule has 162 valence electrons. The third-order valence-corrected chi connectivity index (χ3v) is 5.87. The Hall–Kier alpha value is -3.30. The SMILES string of the molecule is COc1ccc(NS(=O)(=O)c2ccc(NC(=O)c3ccc(Cl)cc3)c(F)c2)c(OC)c1. The molecule has 0 spiro atoms. The number of nitrogens with one attached hydrogen (secondary N) is 2. The summed E-state index contributed by atoms with van der Waals surface area (Å²) in [6, 6.07) is 13.7. The van der Waals surface area contributed by atoms with E-state index < -0.39 is 21.7 Å². The summed E-state index contributed by atoms with van der Waals surface area (Å²) in [7, 11) is -1.28. The molecular formula is C21H18ClFN2O5S. The normalized spacial score (nSPS) is 11.0. The minimum atomic E-state index is -4.13. The van der Waals surface area contributed by atoms with E-state index in [0.717, 1.165) is 6.07 Å². The summed E-state index contributed by atoms with van der Waals surface area (Å²) in [5, 5.41) is 2.86. The second-order valence-electron chi connectivity index (χ2n) is 6.27. The Bertz CT molecular complexity index is 1220. The van der Waals surface area contributed by atoms with Gasteiger partial charge < -0.3 is 14.8 Å². The highest BCUT2D eigenvalue weighted by atomic mass is 35.5. The third-order valence-electron chi connectivity index (χ3n) is 4.26. The second kappa shape index (κ2) is 9.23. The van der Waals surface area contributed by atoms with E-state index in [1.54, 1.807) is 6.07 Å². The molecule has 0 aliphatic carbocycles. The molecule has 3 rings (SSSR count). The first-order valence-electron chi connectivity index (χ1n) is 8.85. The smallest absolute Gasteiger partial charge is 0.262 e. The topological polar surface area (TPSA) is 93.7 Å². The Balaban J connectivity index is 1.81. The molecule has 31 heavy (non-hydrogen) atoms. The van der Waals surface area contributed by atoms with E-state index in [4.69, 9.17) is 21.1 Å². The molecule has 0 bridgehead atoms. The molecule has 0 aliphatic rings. The van der Waals surface area contributed by atoms with Crippen molar-refractivity contribution in [1.29, 1.82) is 0 Å². The van der Waals surface area contributed by atoms with E-state index >= 15 is 0 Å². The number of sulfonamides is 1. The van der Waals surface area contributed by atoms with Crippen molar-refractivity contribution in [3.05, 3.63) is 77.1 Å². The van der Waals surface area contributed by atoms with Gasteiger partial charge in [0.05, 0.1) is 30.5 Å². The first-order valence-corrected chi connectivity index (χ1v) is 10.7. The molecule has 0 atom stereocenters. The van der Waals surface area contributed by atoms with Crippen molar-refractivity contribution in [2.24, 2.45) is 0 Å². The van der Waals surface area contributed by atoms with Gasteiger partial charge >= 0.3 is 0 Å². The molecule has 0 saturated heterocycles. The van der Waals surface area contributed by atoms with Crippen molar-refractivity contribution in [2.75, 3.05) is 24.3 Å². The summed E-state index contributed by atoms with van der Waals surface area (Å²) in [4.78, 5) is 11.9. The van der Waals surface area contributed by atoms with Crippen molar-refractivity contribution in [2.45, 2.75) is 4.90 Å². The van der Waals surface area contributed by atoms with Gasteiger partial charge in [-0.3, -0.25) is 9.52 Å². The van der Waals surface area contributed by atoms with Crippen LogP contribution in [-0.4, -0.2) is 28.5 Å². The van der Waals surface area contributed by atoms with Gasteiger partial charge in [-0.2, -0.15) is 0 Å². The first kappa shape index (κ1) is 22.4. The average Bonchev–Trinajstić information content (AvgIpc) is 2.75. The lowest BCUT2D eigenvalue weighted by molar-refractivity contribution is 0.102. The number of hydrogen-bond donors (Lipinski definition) is 2. The molecule has 1 amide bonds. The number of anilines is 2. The number of benzene rings is 3. The number of carbonyl (C=O) groups is 1. The lowest BCUT2D eigenvalue weighted by atomic mass is 10.2. The first-order chi connectivity index (χ1) is 14.7. The molecule has 3 aromatic carbocycles. The zero-order chi connectivity index (χ0) is 22.6. The molecule has 0 fully saturated rings. The van der Waals surface area contributed by atoms with Crippen molar-refractivity contribution >= 4 is 38.9 Å². The van der Waals surface area contributed by atoms with Crippen LogP contribution in [0.15, 0.2) is 65.6 Å². The van der Waals surface area contributed by atoms with E-state index in [-0.39, 0.29) is 27.6 Å². The van der Waals surface area contributed by atoms with Crippen LogP contribution in [-0.2, 0) is 10.0 Å². The van der Waals surface area contributed by atoms with Crippen LogP contribution in [0.2, 0.25) is 5.02 Å². The number of halogens is 2. The molecule has 10 heteroatoms. The van der Waals surface area contributed by atoms with Gasteiger partial charge in [0.1, 0.15) is 17.3 Å². The summed E-state index contributed by atoms with van der Waals surface area (Å²) < 4.78 is 52.5. The van der Waals surface area contributed by atoms with Crippen LogP contribution in [0.3, 0.4) is 0 Å². The molecule has 7 nitrogen and oxygen atoms in total. The van der Waals surface area contributed by atoms with Crippen molar-refractivity contribution in [3.63, 3.8) is 0 Å². The van der Waals surface area contributed by atoms with Crippen molar-refractivity contribution in [1.82, 2.24) is 0 Å². The van der Waals surface area contributed by atoms with Gasteiger partial charge in [0.25, 0.3) is 15.9 Å². The fraction of sp³-hybridized carbons (Fsp3) is 0.0952. The van der Waals surface area contributed by atoms with E-state index in [1.807, 2.05) is 0 Å². The van der Waals surface area contributed by atoms with E-state index in [1.165, 1.54) is 62.8 Å². The molecule has 0 unspecified atom stereocenters. The lowest BCUT2D eigenvalue weighted by Crippen LogP contribution is -2.16. The predicted octanol–water partition coefficient (Wildman–Crippen LogP) is 4.55. The fourth-order valence-corrected chi connectivity index (χ4v) is 3.85. The molecular weight excluding hydrogens is 447 g/mol. The maximum absolute atomic E-state index is 14.5. The Morgan fingerprint density at radius 2 is 1.61 bits per heavy atom. The van der Waals surface area contributed by atoms with Crippen LogP contribution < -0.4 is 19.5 Å². The van der Waals surface area contributed by atoms with Crippen LogP contribution in [0, 0.1) is 5.82 Å². The Morgan fingerprint density at radius 1 is 0.935 bits per heavy atom. The zero-order valence-corrected chi connectivity index (χ0v) is 18.1. The van der Waals surface area contributed by atoms with Crippen molar-refractivity contribution in [3.8, 4) is 11.5 Å². The highest BCUT2D eigenvalue weighted by Gasteiger charge is 2.19. The Kier molecular flexibility index (Phi) is 6.67. The summed E-state index contributed by atoms with van der Waals surface area (Å²) >= 11 is 5.79. The summed E-state index contributed by atoms with van der Waals surface area (Å²) in [6.45, 7) is 0. The maximum atomic E-state index is 14.5. The van der Waals surface area contributed by atoms with Crippen LogP contribution in [0.4, 0.5) is 15.8 Å². The van der Waals surface area contributed by atoms with Gasteiger partial charge in [-0.1, -0.05) is 11.6 Å². The van der Waals surface area contributed by atoms with E-state index in [2.05, 4.69) is 10.0 Å². The minimum Gasteiger partial charge on any atom is -0.497 e. The van der Waals surface area contributed by atoms with Crippen molar-refractivity contribution < 1.29 is 27.1 Å². The van der Waals surface area contributed by atoms with Gasteiger partial charge in [0.15, 0.2) is 0 Å². The highest BCUT2D eigenvalue weighted by Crippen LogP contribution is 2.31. The van der Waals surface area contributed by atoms with E-state index in [0.29, 0.717) is 10.8 Å². The molecule has 0 aromatic heterocycles. The van der Waals surface area contributed by atoms with E-state index in [9.17, 15) is 17.6 Å². The third kappa shape index (κ3) is 5.25. The standard InChI is InChI=1S/C21H18ClFN2O5S/c1-29-15-7-9-19(20(11-15)30-2)25-31(27,28)16-8-10-18(17(23)12-16)24-21(26)13-3-5-14(22)6-4-13/h3-12,25H,1-2H3,(H,24,26). The number of rotatable bonds is 7. The average molecular weight is 465 g/mol. The second-order valence-corrected chi connectivity index (χ2v) is 8.39.